The first kappa shape index (κ1) is 20.2. The molecule has 154 valence electrons. The van der Waals surface area contributed by atoms with Crippen LogP contribution in [0.15, 0.2) is 52.0 Å². The highest BCUT2D eigenvalue weighted by atomic mass is 32.2. The molecule has 0 atom stereocenters. The number of carbonyl (C=O) groups excluding carboxylic acids is 1. The summed E-state index contributed by atoms with van der Waals surface area (Å²) in [6.45, 7) is 6.24. The van der Waals surface area contributed by atoms with E-state index in [0.717, 1.165) is 28.5 Å². The predicted octanol–water partition coefficient (Wildman–Crippen LogP) is 4.21. The number of fused-ring (bicyclic) bond motifs is 1. The lowest BCUT2D eigenvalue weighted by Gasteiger charge is -2.17. The van der Waals surface area contributed by atoms with Crippen LogP contribution in [0.3, 0.4) is 0 Å². The van der Waals surface area contributed by atoms with Crippen LogP contribution in [-0.4, -0.2) is 37.4 Å². The first-order valence-electron chi connectivity index (χ1n) is 9.63. The fourth-order valence-electron chi connectivity index (χ4n) is 3.29. The molecule has 4 rings (SSSR count). The monoisotopic (exact) mass is 421 g/mol. The van der Waals surface area contributed by atoms with Crippen LogP contribution in [0.5, 0.6) is 0 Å². The predicted molar refractivity (Wildman–Crippen MR) is 116 cm³/mol. The van der Waals surface area contributed by atoms with E-state index in [1.807, 2.05) is 63.2 Å². The minimum Gasteiger partial charge on any atom is -0.464 e. The van der Waals surface area contributed by atoms with Crippen molar-refractivity contribution in [3.05, 3.63) is 76.5 Å². The molecule has 0 bridgehead atoms. The van der Waals surface area contributed by atoms with Crippen molar-refractivity contribution < 1.29 is 9.21 Å². The second-order valence-electron chi connectivity index (χ2n) is 7.26. The van der Waals surface area contributed by atoms with Crippen molar-refractivity contribution >= 4 is 23.4 Å². The molecule has 8 heteroatoms. The highest BCUT2D eigenvalue weighted by Gasteiger charge is 2.18. The zero-order chi connectivity index (χ0) is 21.3. The molecular weight excluding hydrogens is 398 g/mol. The van der Waals surface area contributed by atoms with Gasteiger partial charge in [0.2, 0.25) is 5.16 Å². The molecule has 3 heterocycles. The standard InChI is InChI=1S/C22H23N5O2S/c1-14-11-15(2)27-21(23-14)24-22(25-27)30-13-17-7-5-6-8-19(17)20(28)26(4)12-18-10-9-16(3)29-18/h5-11H,12-13H2,1-4H3. The van der Waals surface area contributed by atoms with E-state index < -0.39 is 0 Å². The van der Waals surface area contributed by atoms with Crippen molar-refractivity contribution in [2.75, 3.05) is 7.05 Å². The highest BCUT2D eigenvalue weighted by Crippen LogP contribution is 2.24. The van der Waals surface area contributed by atoms with Crippen LogP contribution in [0, 0.1) is 20.8 Å². The smallest absolute Gasteiger partial charge is 0.254 e. The Morgan fingerprint density at radius 3 is 2.70 bits per heavy atom. The number of hydrogen-bond acceptors (Lipinski definition) is 6. The molecule has 0 aliphatic heterocycles. The number of amides is 1. The van der Waals surface area contributed by atoms with E-state index in [-0.39, 0.29) is 5.91 Å². The summed E-state index contributed by atoms with van der Waals surface area (Å²) in [5.41, 5.74) is 3.51. The van der Waals surface area contributed by atoms with E-state index in [4.69, 9.17) is 4.42 Å². The van der Waals surface area contributed by atoms with Crippen molar-refractivity contribution in [1.82, 2.24) is 24.5 Å². The van der Waals surface area contributed by atoms with Gasteiger partial charge in [0.15, 0.2) is 0 Å². The summed E-state index contributed by atoms with van der Waals surface area (Å²) in [6.07, 6.45) is 0. The highest BCUT2D eigenvalue weighted by molar-refractivity contribution is 7.98. The van der Waals surface area contributed by atoms with Crippen molar-refractivity contribution in [2.45, 2.75) is 38.2 Å². The Morgan fingerprint density at radius 1 is 1.13 bits per heavy atom. The quantitative estimate of drug-likeness (QED) is 0.434. The number of furan rings is 1. The first-order chi connectivity index (χ1) is 14.4. The average Bonchev–Trinajstić information content (AvgIpc) is 3.31. The molecule has 0 N–H and O–H groups in total. The Labute approximate surface area is 179 Å². The zero-order valence-electron chi connectivity index (χ0n) is 17.4. The number of hydrogen-bond donors (Lipinski definition) is 0. The average molecular weight is 422 g/mol. The van der Waals surface area contributed by atoms with Gasteiger partial charge in [0, 0.05) is 29.8 Å². The molecule has 0 aliphatic carbocycles. The van der Waals surface area contributed by atoms with Crippen LogP contribution in [-0.2, 0) is 12.3 Å². The third-order valence-electron chi connectivity index (χ3n) is 4.74. The van der Waals surface area contributed by atoms with Crippen LogP contribution in [0.4, 0.5) is 0 Å². The van der Waals surface area contributed by atoms with Crippen molar-refractivity contribution in [3.8, 4) is 0 Å². The summed E-state index contributed by atoms with van der Waals surface area (Å²) < 4.78 is 7.34. The molecule has 4 aromatic rings. The van der Waals surface area contributed by atoms with Gasteiger partial charge in [-0.2, -0.15) is 4.98 Å². The van der Waals surface area contributed by atoms with E-state index in [9.17, 15) is 4.79 Å². The van der Waals surface area contributed by atoms with Crippen LogP contribution < -0.4 is 0 Å². The summed E-state index contributed by atoms with van der Waals surface area (Å²) in [5, 5.41) is 5.17. The lowest BCUT2D eigenvalue weighted by molar-refractivity contribution is 0.0774. The SMILES string of the molecule is Cc1cc(C)n2nc(SCc3ccccc3C(=O)N(C)Cc3ccc(C)o3)nc2n1. The van der Waals surface area contributed by atoms with Crippen LogP contribution in [0.25, 0.3) is 5.78 Å². The molecule has 0 saturated heterocycles. The van der Waals surface area contributed by atoms with Gasteiger partial charge in [0.25, 0.3) is 11.7 Å². The largest absolute Gasteiger partial charge is 0.464 e. The number of nitrogens with zero attached hydrogens (tertiary/aromatic N) is 5. The van der Waals surface area contributed by atoms with Gasteiger partial charge >= 0.3 is 0 Å². The van der Waals surface area contributed by atoms with Gasteiger partial charge in [-0.3, -0.25) is 4.79 Å². The van der Waals surface area contributed by atoms with E-state index in [0.29, 0.717) is 28.8 Å². The third kappa shape index (κ3) is 4.23. The van der Waals surface area contributed by atoms with Crippen molar-refractivity contribution in [3.63, 3.8) is 0 Å². The Balaban J connectivity index is 1.50. The number of aryl methyl sites for hydroxylation is 3. The van der Waals surface area contributed by atoms with Crippen molar-refractivity contribution in [1.29, 1.82) is 0 Å². The van der Waals surface area contributed by atoms with Gasteiger partial charge in [0.05, 0.1) is 6.54 Å². The van der Waals surface area contributed by atoms with Crippen molar-refractivity contribution in [2.24, 2.45) is 0 Å². The van der Waals surface area contributed by atoms with E-state index in [2.05, 4.69) is 15.1 Å². The number of rotatable bonds is 6. The molecule has 0 saturated carbocycles. The molecule has 30 heavy (non-hydrogen) atoms. The van der Waals surface area contributed by atoms with E-state index in [1.54, 1.807) is 16.5 Å². The second kappa shape index (κ2) is 8.31. The molecule has 7 nitrogen and oxygen atoms in total. The summed E-state index contributed by atoms with van der Waals surface area (Å²) in [4.78, 5) is 23.7. The lowest BCUT2D eigenvalue weighted by atomic mass is 10.1. The maximum atomic E-state index is 13.0. The summed E-state index contributed by atoms with van der Waals surface area (Å²) >= 11 is 1.49. The van der Waals surface area contributed by atoms with Gasteiger partial charge in [-0.15, -0.1) is 5.10 Å². The molecule has 3 aromatic heterocycles. The Hall–Kier alpha value is -3.13. The van der Waals surface area contributed by atoms with Gasteiger partial charge in [0.1, 0.15) is 11.5 Å². The van der Waals surface area contributed by atoms with Gasteiger partial charge in [-0.05, 0) is 50.6 Å². The van der Waals surface area contributed by atoms with Crippen LogP contribution >= 0.6 is 11.8 Å². The zero-order valence-corrected chi connectivity index (χ0v) is 18.2. The molecule has 1 amide bonds. The maximum absolute atomic E-state index is 13.0. The Kier molecular flexibility index (Phi) is 5.59. The number of aromatic nitrogens is 4. The maximum Gasteiger partial charge on any atom is 0.254 e. The normalized spacial score (nSPS) is 11.2. The molecule has 0 fully saturated rings. The van der Waals surface area contributed by atoms with E-state index >= 15 is 0 Å². The molecular formula is C22H23N5O2S. The van der Waals surface area contributed by atoms with Gasteiger partial charge in [-0.25, -0.2) is 9.50 Å². The lowest BCUT2D eigenvalue weighted by Crippen LogP contribution is -2.26. The molecule has 0 spiro atoms. The van der Waals surface area contributed by atoms with Gasteiger partial charge in [-0.1, -0.05) is 30.0 Å². The second-order valence-corrected chi connectivity index (χ2v) is 8.21. The van der Waals surface area contributed by atoms with Crippen LogP contribution in [0.2, 0.25) is 0 Å². The fraction of sp³-hybridized carbons (Fsp3) is 0.273. The summed E-state index contributed by atoms with van der Waals surface area (Å²) in [6, 6.07) is 13.4. The summed E-state index contributed by atoms with van der Waals surface area (Å²) in [7, 11) is 1.78. The molecule has 1 aromatic carbocycles. The Bertz CT molecular complexity index is 1210. The summed E-state index contributed by atoms with van der Waals surface area (Å²) in [5.74, 6) is 2.74. The Morgan fingerprint density at radius 2 is 1.93 bits per heavy atom. The molecule has 0 aliphatic rings. The topological polar surface area (TPSA) is 76.5 Å². The van der Waals surface area contributed by atoms with Crippen LogP contribution in [0.1, 0.15) is 38.8 Å². The molecule has 0 unspecified atom stereocenters. The minimum absolute atomic E-state index is 0.0450. The van der Waals surface area contributed by atoms with E-state index in [1.165, 1.54) is 11.8 Å². The third-order valence-corrected chi connectivity index (χ3v) is 5.63. The number of benzene rings is 1. The minimum atomic E-state index is -0.0450. The van der Waals surface area contributed by atoms with Gasteiger partial charge < -0.3 is 9.32 Å². The fourth-order valence-corrected chi connectivity index (χ4v) is 4.11. The first-order valence-corrected chi connectivity index (χ1v) is 10.6. The molecule has 0 radical (unpaired) electrons. The number of thioether (sulfide) groups is 1. The number of carbonyl (C=O) groups is 1.